The molecule has 0 aliphatic heterocycles. The average molecular weight is 262 g/mol. The molecule has 1 aromatic heterocycles. The zero-order valence-corrected chi connectivity index (χ0v) is 8.28. The zero-order valence-electron chi connectivity index (χ0n) is 7.52. The Morgan fingerprint density at radius 1 is 1.38 bits per heavy atom. The number of hydrogen-bond donors (Lipinski definition) is 1. The Balaban J connectivity index is 3.42. The molecule has 0 atom stereocenters. The van der Waals surface area contributed by atoms with Crippen molar-refractivity contribution in [2.75, 3.05) is 0 Å². The van der Waals surface area contributed by atoms with Crippen LogP contribution < -0.4 is 0 Å². The molecule has 8 heteroatoms. The van der Waals surface area contributed by atoms with Crippen LogP contribution in [0.15, 0.2) is 6.07 Å². The van der Waals surface area contributed by atoms with Gasteiger partial charge in [-0.25, -0.2) is 13.8 Å². The fourth-order valence-corrected chi connectivity index (χ4v) is 1.28. The van der Waals surface area contributed by atoms with E-state index in [1.807, 2.05) is 0 Å². The molecule has 16 heavy (non-hydrogen) atoms. The summed E-state index contributed by atoms with van der Waals surface area (Å²) in [7, 11) is 0. The molecular formula is C8H5ClF5NO. The predicted octanol–water partition coefficient (Wildman–Crippen LogP) is 3.18. The molecule has 0 unspecified atom stereocenters. The van der Waals surface area contributed by atoms with Crippen molar-refractivity contribution in [1.29, 1.82) is 0 Å². The van der Waals surface area contributed by atoms with Gasteiger partial charge in [-0.05, 0) is 6.07 Å². The van der Waals surface area contributed by atoms with E-state index in [0.717, 1.165) is 0 Å². The van der Waals surface area contributed by atoms with Gasteiger partial charge < -0.3 is 5.11 Å². The van der Waals surface area contributed by atoms with E-state index in [2.05, 4.69) is 4.98 Å². The predicted molar refractivity (Wildman–Crippen MR) is 45.1 cm³/mol. The van der Waals surface area contributed by atoms with Crippen molar-refractivity contribution >= 4 is 11.6 Å². The van der Waals surface area contributed by atoms with Gasteiger partial charge in [-0.2, -0.15) is 13.2 Å². The number of nitrogens with zero attached hydrogens (tertiary/aromatic N) is 1. The fourth-order valence-electron chi connectivity index (χ4n) is 1.02. The summed E-state index contributed by atoms with van der Waals surface area (Å²) in [4.78, 5) is 2.73. The van der Waals surface area contributed by atoms with Crippen molar-refractivity contribution in [3.05, 3.63) is 28.0 Å². The van der Waals surface area contributed by atoms with E-state index in [0.29, 0.717) is 6.07 Å². The number of alkyl halides is 5. The van der Waals surface area contributed by atoms with Gasteiger partial charge in [-0.1, -0.05) is 11.6 Å². The quantitative estimate of drug-likeness (QED) is 0.830. The van der Waals surface area contributed by atoms with Crippen LogP contribution >= 0.6 is 11.6 Å². The molecule has 1 rings (SSSR count). The number of rotatable bonds is 2. The minimum Gasteiger partial charge on any atom is -0.392 e. The molecule has 0 saturated carbocycles. The summed E-state index contributed by atoms with van der Waals surface area (Å²) in [5.41, 5.74) is -3.11. The largest absolute Gasteiger partial charge is 0.434 e. The van der Waals surface area contributed by atoms with E-state index < -0.39 is 41.2 Å². The number of aliphatic hydroxyl groups is 1. The summed E-state index contributed by atoms with van der Waals surface area (Å²) in [6.45, 7) is -0.871. The van der Waals surface area contributed by atoms with Gasteiger partial charge in [0.15, 0.2) is 5.69 Å². The monoisotopic (exact) mass is 261 g/mol. The lowest BCUT2D eigenvalue weighted by atomic mass is 10.2. The molecule has 0 bridgehead atoms. The minimum atomic E-state index is -4.94. The minimum absolute atomic E-state index is 0.431. The SMILES string of the molecule is OCc1cc(C(F)F)nc(C(F)(F)F)c1Cl. The molecule has 2 nitrogen and oxygen atoms in total. The highest BCUT2D eigenvalue weighted by atomic mass is 35.5. The van der Waals surface area contributed by atoms with Crippen molar-refractivity contribution in [2.24, 2.45) is 0 Å². The van der Waals surface area contributed by atoms with Crippen molar-refractivity contribution in [3.63, 3.8) is 0 Å². The summed E-state index contributed by atoms with van der Waals surface area (Å²) in [6, 6.07) is 0.641. The Labute approximate surface area is 91.7 Å². The third kappa shape index (κ3) is 2.59. The standard InChI is InChI=1S/C8H5ClF5NO/c9-5-3(2-16)1-4(7(10)11)15-6(5)8(12,13)14/h1,7,16H,2H2. The van der Waals surface area contributed by atoms with Crippen LogP contribution in [0.4, 0.5) is 22.0 Å². The Morgan fingerprint density at radius 2 is 1.94 bits per heavy atom. The highest BCUT2D eigenvalue weighted by Crippen LogP contribution is 2.36. The zero-order chi connectivity index (χ0) is 12.5. The molecular weight excluding hydrogens is 257 g/mol. The summed E-state index contributed by atoms with van der Waals surface area (Å²) in [5.74, 6) is 0. The van der Waals surface area contributed by atoms with E-state index >= 15 is 0 Å². The highest BCUT2D eigenvalue weighted by molar-refractivity contribution is 6.32. The highest BCUT2D eigenvalue weighted by Gasteiger charge is 2.37. The van der Waals surface area contributed by atoms with Crippen molar-refractivity contribution < 1.29 is 27.1 Å². The molecule has 1 N–H and O–H groups in total. The van der Waals surface area contributed by atoms with Crippen LogP contribution in [-0.4, -0.2) is 10.1 Å². The third-order valence-corrected chi connectivity index (χ3v) is 2.14. The molecule has 0 aliphatic rings. The van der Waals surface area contributed by atoms with Crippen LogP contribution in [0.5, 0.6) is 0 Å². The number of halogens is 6. The molecule has 0 spiro atoms. The number of pyridine rings is 1. The molecule has 0 aliphatic carbocycles. The second kappa shape index (κ2) is 4.50. The van der Waals surface area contributed by atoms with E-state index in [1.54, 1.807) is 0 Å². The van der Waals surface area contributed by atoms with Crippen LogP contribution in [0.2, 0.25) is 5.02 Å². The van der Waals surface area contributed by atoms with Crippen LogP contribution in [0.3, 0.4) is 0 Å². The Hall–Kier alpha value is -0.950. The number of hydrogen-bond acceptors (Lipinski definition) is 2. The maximum absolute atomic E-state index is 12.3. The molecule has 90 valence electrons. The maximum Gasteiger partial charge on any atom is 0.434 e. The van der Waals surface area contributed by atoms with E-state index in [4.69, 9.17) is 16.7 Å². The van der Waals surface area contributed by atoms with Gasteiger partial charge in [0.05, 0.1) is 11.6 Å². The third-order valence-electron chi connectivity index (χ3n) is 1.72. The second-order valence-electron chi connectivity index (χ2n) is 2.83. The van der Waals surface area contributed by atoms with Crippen LogP contribution in [0, 0.1) is 0 Å². The Bertz CT molecular complexity index is 393. The molecule has 1 aromatic rings. The first-order valence-corrected chi connectivity index (χ1v) is 4.30. The lowest BCUT2D eigenvalue weighted by molar-refractivity contribution is -0.141. The van der Waals surface area contributed by atoms with Gasteiger partial charge in [0.25, 0.3) is 6.43 Å². The van der Waals surface area contributed by atoms with Gasteiger partial charge in [-0.15, -0.1) is 0 Å². The van der Waals surface area contributed by atoms with Gasteiger partial charge in [0.1, 0.15) is 5.69 Å². The maximum atomic E-state index is 12.3. The summed E-state index contributed by atoms with van der Waals surface area (Å²) >= 11 is 5.28. The molecule has 0 fully saturated rings. The van der Waals surface area contributed by atoms with E-state index in [-0.39, 0.29) is 0 Å². The van der Waals surface area contributed by atoms with E-state index in [1.165, 1.54) is 0 Å². The van der Waals surface area contributed by atoms with Crippen LogP contribution in [0.25, 0.3) is 0 Å². The lowest BCUT2D eigenvalue weighted by Gasteiger charge is -2.12. The number of aromatic nitrogens is 1. The molecule has 0 aromatic carbocycles. The smallest absolute Gasteiger partial charge is 0.392 e. The first-order valence-electron chi connectivity index (χ1n) is 3.93. The molecule has 1 heterocycles. The lowest BCUT2D eigenvalue weighted by Crippen LogP contribution is -2.12. The normalized spacial score (nSPS) is 12.2. The summed E-state index contributed by atoms with van der Waals surface area (Å²) < 4.78 is 61.5. The molecule has 0 amide bonds. The van der Waals surface area contributed by atoms with Crippen LogP contribution in [-0.2, 0) is 12.8 Å². The fraction of sp³-hybridized carbons (Fsp3) is 0.375. The summed E-state index contributed by atoms with van der Waals surface area (Å²) in [6.07, 6.45) is -8.10. The molecule has 0 radical (unpaired) electrons. The van der Waals surface area contributed by atoms with Gasteiger partial charge in [0, 0.05) is 5.56 Å². The second-order valence-corrected chi connectivity index (χ2v) is 3.20. The Kier molecular flexibility index (Phi) is 3.69. The summed E-state index contributed by atoms with van der Waals surface area (Å²) in [5, 5.41) is 7.83. The first kappa shape index (κ1) is 13.1. The van der Waals surface area contributed by atoms with E-state index in [9.17, 15) is 22.0 Å². The van der Waals surface area contributed by atoms with Crippen LogP contribution in [0.1, 0.15) is 23.4 Å². The van der Waals surface area contributed by atoms with Gasteiger partial charge in [-0.3, -0.25) is 0 Å². The van der Waals surface area contributed by atoms with Crippen molar-refractivity contribution in [2.45, 2.75) is 19.2 Å². The van der Waals surface area contributed by atoms with Crippen molar-refractivity contribution in [3.8, 4) is 0 Å². The molecule has 0 saturated heterocycles. The first-order chi connectivity index (χ1) is 7.27. The van der Waals surface area contributed by atoms with Crippen molar-refractivity contribution in [1.82, 2.24) is 4.98 Å². The van der Waals surface area contributed by atoms with Gasteiger partial charge in [0.2, 0.25) is 0 Å². The topological polar surface area (TPSA) is 33.1 Å². The Morgan fingerprint density at radius 3 is 2.31 bits per heavy atom. The average Bonchev–Trinajstić information content (AvgIpc) is 2.15. The number of aliphatic hydroxyl groups excluding tert-OH is 1. The van der Waals surface area contributed by atoms with Gasteiger partial charge >= 0.3 is 6.18 Å².